The quantitative estimate of drug-likeness (QED) is 0.682. The van der Waals surface area contributed by atoms with Crippen LogP contribution in [-0.2, 0) is 4.79 Å². The highest BCUT2D eigenvalue weighted by Gasteiger charge is 2.09. The first-order chi connectivity index (χ1) is 12.2. The SMILES string of the molecule is N#Cc1ccc(/C=C(\CCCC(=O)[O-])c2nc3ccccc3s2)cc1. The third-order valence-corrected chi connectivity index (χ3v) is 4.89. The highest BCUT2D eigenvalue weighted by Crippen LogP contribution is 2.31. The van der Waals surface area contributed by atoms with E-state index in [9.17, 15) is 9.90 Å². The number of aliphatic carboxylic acids is 1. The smallest absolute Gasteiger partial charge is 0.120 e. The third kappa shape index (κ3) is 4.31. The molecule has 0 spiro atoms. The van der Waals surface area contributed by atoms with Crippen LogP contribution >= 0.6 is 11.3 Å². The number of carbonyl (C=O) groups is 1. The Morgan fingerprint density at radius 1 is 1.16 bits per heavy atom. The Bertz CT molecular complexity index is 932. The number of carbonyl (C=O) groups excluding carboxylic acids is 1. The van der Waals surface area contributed by atoms with Gasteiger partial charge in [-0.15, -0.1) is 11.3 Å². The Morgan fingerprint density at radius 3 is 2.60 bits per heavy atom. The molecule has 0 N–H and O–H groups in total. The van der Waals surface area contributed by atoms with E-state index >= 15 is 0 Å². The van der Waals surface area contributed by atoms with Gasteiger partial charge in [0.05, 0.1) is 21.8 Å². The first-order valence-corrected chi connectivity index (χ1v) is 8.74. The number of nitrogens with zero attached hydrogens (tertiary/aromatic N) is 2. The number of fused-ring (bicyclic) bond motifs is 1. The molecule has 0 saturated heterocycles. The summed E-state index contributed by atoms with van der Waals surface area (Å²) in [5.74, 6) is -1.04. The fraction of sp³-hybridized carbons (Fsp3) is 0.150. The Morgan fingerprint density at radius 2 is 1.92 bits per heavy atom. The first-order valence-electron chi connectivity index (χ1n) is 7.92. The van der Waals surface area contributed by atoms with Crippen molar-refractivity contribution < 1.29 is 9.90 Å². The highest BCUT2D eigenvalue weighted by molar-refractivity contribution is 7.19. The van der Waals surface area contributed by atoms with Gasteiger partial charge in [-0.3, -0.25) is 0 Å². The van der Waals surface area contributed by atoms with Crippen molar-refractivity contribution in [3.05, 3.63) is 64.7 Å². The minimum atomic E-state index is -1.04. The molecule has 0 unspecified atom stereocenters. The van der Waals surface area contributed by atoms with Gasteiger partial charge in [0.15, 0.2) is 0 Å². The Labute approximate surface area is 149 Å². The van der Waals surface area contributed by atoms with Crippen molar-refractivity contribution in [2.75, 3.05) is 0 Å². The van der Waals surface area contributed by atoms with Crippen LogP contribution in [0.25, 0.3) is 21.9 Å². The van der Waals surface area contributed by atoms with E-state index in [1.807, 2.05) is 42.5 Å². The zero-order valence-corrected chi connectivity index (χ0v) is 14.3. The molecule has 0 fully saturated rings. The van der Waals surface area contributed by atoms with Gasteiger partial charge in [0.1, 0.15) is 5.01 Å². The molecule has 0 radical (unpaired) electrons. The van der Waals surface area contributed by atoms with Crippen molar-refractivity contribution in [3.8, 4) is 6.07 Å². The van der Waals surface area contributed by atoms with Gasteiger partial charge in [-0.05, 0) is 60.7 Å². The summed E-state index contributed by atoms with van der Waals surface area (Å²) in [6, 6.07) is 17.3. The van der Waals surface area contributed by atoms with E-state index in [-0.39, 0.29) is 6.42 Å². The number of para-hydroxylation sites is 1. The minimum Gasteiger partial charge on any atom is -0.550 e. The number of carboxylic acid groups (broad SMARTS) is 1. The summed E-state index contributed by atoms with van der Waals surface area (Å²) in [4.78, 5) is 15.4. The molecule has 0 atom stereocenters. The van der Waals surface area contributed by atoms with Gasteiger partial charge < -0.3 is 9.90 Å². The van der Waals surface area contributed by atoms with Gasteiger partial charge in [0.2, 0.25) is 0 Å². The maximum absolute atomic E-state index is 10.7. The number of hydrogen-bond acceptors (Lipinski definition) is 5. The van der Waals surface area contributed by atoms with Crippen molar-refractivity contribution >= 4 is 39.2 Å². The molecule has 5 heteroatoms. The predicted octanol–water partition coefficient (Wildman–Crippen LogP) is 3.63. The second kappa shape index (κ2) is 7.73. The molecule has 1 heterocycles. The molecule has 0 amide bonds. The fourth-order valence-electron chi connectivity index (χ4n) is 2.53. The van der Waals surface area contributed by atoms with Crippen LogP contribution in [-0.4, -0.2) is 11.0 Å². The average Bonchev–Trinajstić information content (AvgIpc) is 3.05. The van der Waals surface area contributed by atoms with Crippen LogP contribution in [0.1, 0.15) is 35.4 Å². The van der Waals surface area contributed by atoms with Crippen molar-refractivity contribution in [2.45, 2.75) is 19.3 Å². The van der Waals surface area contributed by atoms with Crippen LogP contribution in [0, 0.1) is 11.3 Å². The van der Waals surface area contributed by atoms with Crippen LogP contribution in [0.4, 0.5) is 0 Å². The molecule has 0 aliphatic rings. The van der Waals surface area contributed by atoms with Gasteiger partial charge in [-0.2, -0.15) is 5.26 Å². The zero-order chi connectivity index (χ0) is 17.6. The molecule has 0 aliphatic carbocycles. The molecule has 0 saturated carbocycles. The van der Waals surface area contributed by atoms with Gasteiger partial charge in [0, 0.05) is 5.97 Å². The van der Waals surface area contributed by atoms with Gasteiger partial charge >= 0.3 is 0 Å². The number of allylic oxidation sites excluding steroid dienone is 1. The molecular weight excluding hydrogens is 332 g/mol. The van der Waals surface area contributed by atoms with E-state index in [4.69, 9.17) is 5.26 Å². The number of thiazole rings is 1. The summed E-state index contributed by atoms with van der Waals surface area (Å²) in [6.07, 6.45) is 3.14. The molecule has 0 bridgehead atoms. The largest absolute Gasteiger partial charge is 0.550 e. The summed E-state index contributed by atoms with van der Waals surface area (Å²) >= 11 is 1.60. The lowest BCUT2D eigenvalue weighted by Gasteiger charge is -2.06. The third-order valence-electron chi connectivity index (χ3n) is 3.78. The molecule has 3 aromatic rings. The standard InChI is InChI=1S/C20H16N2O2S/c21-13-15-10-8-14(9-11-15)12-16(4-3-7-19(23)24)20-22-17-5-1-2-6-18(17)25-20/h1-2,5-6,8-12H,3-4,7H2,(H,23,24)/p-1/b16-12+. The molecule has 3 rings (SSSR count). The van der Waals surface area contributed by atoms with Gasteiger partial charge in [-0.1, -0.05) is 24.3 Å². The molecule has 25 heavy (non-hydrogen) atoms. The monoisotopic (exact) mass is 347 g/mol. The van der Waals surface area contributed by atoms with Crippen molar-refractivity contribution in [2.24, 2.45) is 0 Å². The second-order valence-corrected chi connectivity index (χ2v) is 6.65. The number of benzene rings is 2. The second-order valence-electron chi connectivity index (χ2n) is 5.62. The molecular formula is C20H15N2O2S-. The van der Waals surface area contributed by atoms with Crippen LogP contribution in [0.2, 0.25) is 0 Å². The number of nitriles is 1. The van der Waals surface area contributed by atoms with Gasteiger partial charge in [-0.25, -0.2) is 4.98 Å². The molecule has 124 valence electrons. The number of rotatable bonds is 6. The highest BCUT2D eigenvalue weighted by atomic mass is 32.1. The lowest BCUT2D eigenvalue weighted by atomic mass is 10.0. The van der Waals surface area contributed by atoms with Crippen LogP contribution < -0.4 is 5.11 Å². The average molecular weight is 347 g/mol. The fourth-order valence-corrected chi connectivity index (χ4v) is 3.54. The molecule has 1 aromatic heterocycles. The predicted molar refractivity (Wildman–Crippen MR) is 97.5 cm³/mol. The Hall–Kier alpha value is -2.97. The van der Waals surface area contributed by atoms with E-state index in [0.717, 1.165) is 26.4 Å². The van der Waals surface area contributed by atoms with E-state index in [1.165, 1.54) is 0 Å². The maximum Gasteiger partial charge on any atom is 0.120 e. The van der Waals surface area contributed by atoms with Crippen molar-refractivity contribution in [1.29, 1.82) is 5.26 Å². The van der Waals surface area contributed by atoms with E-state index in [0.29, 0.717) is 18.4 Å². The number of carboxylic acids is 1. The maximum atomic E-state index is 10.7. The Kier molecular flexibility index (Phi) is 5.22. The van der Waals surface area contributed by atoms with E-state index in [1.54, 1.807) is 23.5 Å². The van der Waals surface area contributed by atoms with Crippen molar-refractivity contribution in [1.82, 2.24) is 4.98 Å². The summed E-state index contributed by atoms with van der Waals surface area (Å²) in [6.45, 7) is 0. The van der Waals surface area contributed by atoms with E-state index in [2.05, 4.69) is 11.1 Å². The van der Waals surface area contributed by atoms with Crippen molar-refractivity contribution in [3.63, 3.8) is 0 Å². The lowest BCUT2D eigenvalue weighted by Crippen LogP contribution is -2.21. The minimum absolute atomic E-state index is 0.0234. The number of hydrogen-bond donors (Lipinski definition) is 0. The summed E-state index contributed by atoms with van der Waals surface area (Å²) in [5.41, 5.74) is 3.50. The van der Waals surface area contributed by atoms with Crippen LogP contribution in [0.5, 0.6) is 0 Å². The lowest BCUT2D eigenvalue weighted by molar-refractivity contribution is -0.305. The topological polar surface area (TPSA) is 76.8 Å². The first kappa shape index (κ1) is 16.9. The molecule has 2 aromatic carbocycles. The normalized spacial score (nSPS) is 11.4. The number of aromatic nitrogens is 1. The molecule has 4 nitrogen and oxygen atoms in total. The summed E-state index contributed by atoms with van der Waals surface area (Å²) in [5, 5.41) is 20.5. The molecule has 0 aliphatic heterocycles. The van der Waals surface area contributed by atoms with E-state index < -0.39 is 5.97 Å². The Balaban J connectivity index is 1.94. The van der Waals surface area contributed by atoms with Gasteiger partial charge in [0.25, 0.3) is 0 Å². The zero-order valence-electron chi connectivity index (χ0n) is 13.4. The summed E-state index contributed by atoms with van der Waals surface area (Å²) < 4.78 is 1.10. The van der Waals surface area contributed by atoms with Crippen LogP contribution in [0.15, 0.2) is 48.5 Å². The van der Waals surface area contributed by atoms with Crippen LogP contribution in [0.3, 0.4) is 0 Å². The summed E-state index contributed by atoms with van der Waals surface area (Å²) in [7, 11) is 0.